The summed E-state index contributed by atoms with van der Waals surface area (Å²) in [6.07, 6.45) is 0. The zero-order valence-corrected chi connectivity index (χ0v) is 18.1. The molecule has 8 heteroatoms. The molecule has 0 radical (unpaired) electrons. The van der Waals surface area contributed by atoms with Crippen LogP contribution in [-0.2, 0) is 11.3 Å². The molecule has 0 spiro atoms. The number of carbonyl (C=O) groups excluding carboxylic acids is 1. The first-order valence-corrected chi connectivity index (χ1v) is 10.8. The van der Waals surface area contributed by atoms with E-state index in [1.165, 1.54) is 11.0 Å². The Kier molecular flexibility index (Phi) is 6.61. The normalized spacial score (nSPS) is 10.8. The van der Waals surface area contributed by atoms with Crippen molar-refractivity contribution in [2.45, 2.75) is 13.5 Å². The van der Waals surface area contributed by atoms with E-state index in [2.05, 4.69) is 4.98 Å². The van der Waals surface area contributed by atoms with Gasteiger partial charge < -0.3 is 9.47 Å². The van der Waals surface area contributed by atoms with Crippen LogP contribution in [0.5, 0.6) is 11.5 Å². The molecule has 0 atom stereocenters. The maximum absolute atomic E-state index is 14.2. The largest absolute Gasteiger partial charge is 0.494 e. The molecule has 5 nitrogen and oxygen atoms in total. The van der Waals surface area contributed by atoms with Crippen molar-refractivity contribution < 1.29 is 23.0 Å². The van der Waals surface area contributed by atoms with E-state index in [0.717, 1.165) is 23.0 Å². The topological polar surface area (TPSA) is 51.7 Å². The summed E-state index contributed by atoms with van der Waals surface area (Å²) in [5.41, 5.74) is 0.900. The SMILES string of the molecule is CCOc1ccc(OCC(=O)N(Cc2ccccc2)c2nc3c(F)cc(F)cc3s2)cc1. The number of fused-ring (bicyclic) bond motifs is 1. The molecule has 0 bridgehead atoms. The van der Waals surface area contributed by atoms with Crippen LogP contribution in [0.1, 0.15) is 12.5 Å². The van der Waals surface area contributed by atoms with E-state index in [1.807, 2.05) is 37.3 Å². The molecule has 1 amide bonds. The van der Waals surface area contributed by atoms with E-state index in [1.54, 1.807) is 24.3 Å². The molecule has 0 aliphatic heterocycles. The third-order valence-corrected chi connectivity index (χ3v) is 5.64. The Hall–Kier alpha value is -3.52. The lowest BCUT2D eigenvalue weighted by atomic mass is 10.2. The Bertz CT molecular complexity index is 1210. The fourth-order valence-electron chi connectivity index (χ4n) is 3.11. The summed E-state index contributed by atoms with van der Waals surface area (Å²) in [4.78, 5) is 18.8. The molecule has 0 N–H and O–H groups in total. The number of benzene rings is 3. The molecule has 0 aliphatic rings. The maximum Gasteiger partial charge on any atom is 0.267 e. The van der Waals surface area contributed by atoms with Crippen molar-refractivity contribution in [3.8, 4) is 11.5 Å². The highest BCUT2D eigenvalue weighted by Gasteiger charge is 2.22. The summed E-state index contributed by atoms with van der Waals surface area (Å²) in [5.74, 6) is -0.590. The van der Waals surface area contributed by atoms with Gasteiger partial charge >= 0.3 is 0 Å². The average Bonchev–Trinajstić information content (AvgIpc) is 3.22. The van der Waals surface area contributed by atoms with Crippen LogP contribution in [0.25, 0.3) is 10.2 Å². The molecule has 0 saturated heterocycles. The highest BCUT2D eigenvalue weighted by molar-refractivity contribution is 7.22. The molecule has 0 fully saturated rings. The predicted molar refractivity (Wildman–Crippen MR) is 120 cm³/mol. The number of halogens is 2. The molecule has 4 aromatic rings. The first-order valence-electron chi connectivity index (χ1n) is 9.99. The van der Waals surface area contributed by atoms with Crippen LogP contribution in [0.4, 0.5) is 13.9 Å². The lowest BCUT2D eigenvalue weighted by Crippen LogP contribution is -2.34. The van der Waals surface area contributed by atoms with Gasteiger partial charge in [0.25, 0.3) is 5.91 Å². The smallest absolute Gasteiger partial charge is 0.267 e. The number of ether oxygens (including phenoxy) is 2. The minimum atomic E-state index is -0.764. The molecular weight excluding hydrogens is 434 g/mol. The minimum Gasteiger partial charge on any atom is -0.494 e. The number of nitrogens with zero attached hydrogens (tertiary/aromatic N) is 2. The zero-order valence-electron chi connectivity index (χ0n) is 17.3. The van der Waals surface area contributed by atoms with Crippen molar-refractivity contribution in [2.75, 3.05) is 18.1 Å². The quantitative estimate of drug-likeness (QED) is 0.349. The first-order chi connectivity index (χ1) is 15.5. The van der Waals surface area contributed by atoms with Gasteiger partial charge in [-0.05, 0) is 42.8 Å². The van der Waals surface area contributed by atoms with Crippen molar-refractivity contribution in [1.29, 1.82) is 0 Å². The van der Waals surface area contributed by atoms with E-state index < -0.39 is 11.6 Å². The van der Waals surface area contributed by atoms with Gasteiger partial charge in [0, 0.05) is 6.07 Å². The Morgan fingerprint density at radius 3 is 2.38 bits per heavy atom. The highest BCUT2D eigenvalue weighted by Crippen LogP contribution is 2.32. The molecule has 0 aliphatic carbocycles. The third kappa shape index (κ3) is 5.03. The van der Waals surface area contributed by atoms with Crippen LogP contribution in [0, 0.1) is 11.6 Å². The molecule has 1 heterocycles. The van der Waals surface area contributed by atoms with E-state index in [-0.39, 0.29) is 29.7 Å². The van der Waals surface area contributed by atoms with Crippen molar-refractivity contribution in [3.63, 3.8) is 0 Å². The van der Waals surface area contributed by atoms with Gasteiger partial charge in [0.1, 0.15) is 22.8 Å². The van der Waals surface area contributed by atoms with E-state index in [4.69, 9.17) is 9.47 Å². The van der Waals surface area contributed by atoms with Crippen LogP contribution >= 0.6 is 11.3 Å². The predicted octanol–water partition coefficient (Wildman–Crippen LogP) is 5.59. The lowest BCUT2D eigenvalue weighted by Gasteiger charge is -2.20. The van der Waals surface area contributed by atoms with E-state index >= 15 is 0 Å². The third-order valence-electron chi connectivity index (χ3n) is 4.61. The second kappa shape index (κ2) is 9.74. The zero-order chi connectivity index (χ0) is 22.5. The van der Waals surface area contributed by atoms with Crippen LogP contribution in [-0.4, -0.2) is 24.1 Å². The molecular formula is C24H20F2N2O3S. The van der Waals surface area contributed by atoms with E-state index in [9.17, 15) is 13.6 Å². The van der Waals surface area contributed by atoms with Crippen molar-refractivity contribution in [1.82, 2.24) is 4.98 Å². The van der Waals surface area contributed by atoms with Gasteiger partial charge in [-0.15, -0.1) is 0 Å². The number of hydrogen-bond donors (Lipinski definition) is 0. The van der Waals surface area contributed by atoms with Gasteiger partial charge in [-0.2, -0.15) is 0 Å². The summed E-state index contributed by atoms with van der Waals surface area (Å²) in [6, 6.07) is 18.3. The highest BCUT2D eigenvalue weighted by atomic mass is 32.1. The Balaban J connectivity index is 1.57. The van der Waals surface area contributed by atoms with E-state index in [0.29, 0.717) is 22.8 Å². The maximum atomic E-state index is 14.2. The van der Waals surface area contributed by atoms with Crippen molar-refractivity contribution in [3.05, 3.63) is 83.9 Å². The standard InChI is InChI=1S/C24H20F2N2O3S/c1-2-30-18-8-10-19(11-9-18)31-15-22(29)28(14-16-6-4-3-5-7-16)24-27-23-20(26)12-17(25)13-21(23)32-24/h3-13H,2,14-15H2,1H3. The molecule has 164 valence electrons. The summed E-state index contributed by atoms with van der Waals surface area (Å²) in [7, 11) is 0. The summed E-state index contributed by atoms with van der Waals surface area (Å²) in [6.45, 7) is 2.43. The van der Waals surface area contributed by atoms with Gasteiger partial charge in [0.2, 0.25) is 0 Å². The minimum absolute atomic E-state index is 0.0321. The van der Waals surface area contributed by atoms with Crippen molar-refractivity contribution >= 4 is 32.6 Å². The fourth-order valence-corrected chi connectivity index (χ4v) is 4.13. The van der Waals surface area contributed by atoms with Crippen molar-refractivity contribution in [2.24, 2.45) is 0 Å². The number of carbonyl (C=O) groups is 1. The summed E-state index contributed by atoms with van der Waals surface area (Å²) >= 11 is 1.05. The van der Waals surface area contributed by atoms with Crippen LogP contribution < -0.4 is 14.4 Å². The Labute approximate surface area is 187 Å². The molecule has 0 unspecified atom stereocenters. The average molecular weight is 454 g/mol. The second-order valence-electron chi connectivity index (χ2n) is 6.89. The summed E-state index contributed by atoms with van der Waals surface area (Å²) < 4.78 is 39.2. The first kappa shape index (κ1) is 21.7. The molecule has 1 aromatic heterocycles. The number of aromatic nitrogens is 1. The van der Waals surface area contributed by atoms with Gasteiger partial charge in [-0.1, -0.05) is 41.7 Å². The summed E-state index contributed by atoms with van der Waals surface area (Å²) in [5, 5.41) is 0.272. The monoisotopic (exact) mass is 454 g/mol. The Morgan fingerprint density at radius 1 is 1.00 bits per heavy atom. The molecule has 3 aromatic carbocycles. The van der Waals surface area contributed by atoms with Crippen LogP contribution in [0.2, 0.25) is 0 Å². The van der Waals surface area contributed by atoms with Crippen LogP contribution in [0.15, 0.2) is 66.7 Å². The number of thiazole rings is 1. The molecule has 4 rings (SSSR count). The fraction of sp³-hybridized carbons (Fsp3) is 0.167. The molecule has 32 heavy (non-hydrogen) atoms. The lowest BCUT2D eigenvalue weighted by molar-refractivity contribution is -0.120. The van der Waals surface area contributed by atoms with Gasteiger partial charge in [0.15, 0.2) is 17.6 Å². The van der Waals surface area contributed by atoms with Gasteiger partial charge in [0.05, 0.1) is 17.9 Å². The number of anilines is 1. The molecule has 0 saturated carbocycles. The number of hydrogen-bond acceptors (Lipinski definition) is 5. The van der Waals surface area contributed by atoms with Gasteiger partial charge in [-0.25, -0.2) is 13.8 Å². The Morgan fingerprint density at radius 2 is 1.69 bits per heavy atom. The van der Waals surface area contributed by atoms with Gasteiger partial charge in [-0.3, -0.25) is 9.69 Å². The second-order valence-corrected chi connectivity index (χ2v) is 7.90. The number of amides is 1. The number of rotatable bonds is 8. The van der Waals surface area contributed by atoms with Crippen LogP contribution in [0.3, 0.4) is 0 Å².